The van der Waals surface area contributed by atoms with Gasteiger partial charge in [-0.05, 0) is 29.8 Å². The molecule has 1 heterocycles. The van der Waals surface area contributed by atoms with E-state index in [0.717, 1.165) is 6.07 Å². The Morgan fingerprint density at radius 2 is 1.93 bits per heavy atom. The molecule has 0 aliphatic carbocycles. The maximum Gasteiger partial charge on any atom is 0.293 e. The van der Waals surface area contributed by atoms with Crippen LogP contribution in [0.5, 0.6) is 0 Å². The molecule has 1 aliphatic rings. The van der Waals surface area contributed by atoms with Crippen molar-refractivity contribution < 1.29 is 22.5 Å². The molecule has 1 saturated heterocycles. The van der Waals surface area contributed by atoms with E-state index >= 15 is 0 Å². The van der Waals surface area contributed by atoms with E-state index in [9.17, 15) is 22.9 Å². The first-order chi connectivity index (χ1) is 12.9. The van der Waals surface area contributed by atoms with Gasteiger partial charge in [-0.2, -0.15) is 4.31 Å². The molecule has 0 radical (unpaired) electrons. The second-order valence-corrected chi connectivity index (χ2v) is 7.87. The molecule has 0 saturated carbocycles. The number of sulfonamides is 1. The number of morpholine rings is 1. The Morgan fingerprint density at radius 3 is 2.59 bits per heavy atom. The minimum Gasteiger partial charge on any atom is -0.379 e. The Kier molecular flexibility index (Phi) is 5.68. The summed E-state index contributed by atoms with van der Waals surface area (Å²) in [4.78, 5) is 10.6. The molecular formula is C17H18FN3O5S. The van der Waals surface area contributed by atoms with Crippen molar-refractivity contribution in [1.82, 2.24) is 4.31 Å². The van der Waals surface area contributed by atoms with Crippen molar-refractivity contribution in [2.24, 2.45) is 0 Å². The fourth-order valence-electron chi connectivity index (χ4n) is 2.75. The van der Waals surface area contributed by atoms with Crippen molar-refractivity contribution in [2.45, 2.75) is 11.4 Å². The SMILES string of the molecule is O=[N+]([O-])c1cc(S(=O)(=O)N2CCOCC2)ccc1NCc1cccc(F)c1. The summed E-state index contributed by atoms with van der Waals surface area (Å²) in [5, 5.41) is 14.3. The fraction of sp³-hybridized carbons (Fsp3) is 0.294. The van der Waals surface area contributed by atoms with Gasteiger partial charge in [-0.15, -0.1) is 0 Å². The zero-order valence-corrected chi connectivity index (χ0v) is 15.1. The number of hydrogen-bond donors (Lipinski definition) is 1. The van der Waals surface area contributed by atoms with Gasteiger partial charge in [0.2, 0.25) is 10.0 Å². The number of benzene rings is 2. The molecule has 10 heteroatoms. The van der Waals surface area contributed by atoms with Crippen LogP contribution in [-0.2, 0) is 21.3 Å². The van der Waals surface area contributed by atoms with E-state index < -0.39 is 20.8 Å². The van der Waals surface area contributed by atoms with E-state index in [1.165, 1.54) is 28.6 Å². The lowest BCUT2D eigenvalue weighted by Crippen LogP contribution is -2.40. The Hall–Kier alpha value is -2.56. The highest BCUT2D eigenvalue weighted by Gasteiger charge is 2.28. The third-order valence-electron chi connectivity index (χ3n) is 4.15. The van der Waals surface area contributed by atoms with Gasteiger partial charge in [0.1, 0.15) is 11.5 Å². The Morgan fingerprint density at radius 1 is 1.19 bits per heavy atom. The topological polar surface area (TPSA) is 102 Å². The van der Waals surface area contributed by atoms with Gasteiger partial charge < -0.3 is 10.1 Å². The van der Waals surface area contributed by atoms with Crippen LogP contribution in [0.1, 0.15) is 5.56 Å². The molecular weight excluding hydrogens is 377 g/mol. The predicted molar refractivity (Wildman–Crippen MR) is 96.4 cm³/mol. The number of nitrogens with zero attached hydrogens (tertiary/aromatic N) is 2. The van der Waals surface area contributed by atoms with Crippen molar-refractivity contribution in [3.8, 4) is 0 Å². The maximum absolute atomic E-state index is 13.2. The number of nitro groups is 1. The van der Waals surface area contributed by atoms with Crippen LogP contribution < -0.4 is 5.32 Å². The summed E-state index contributed by atoms with van der Waals surface area (Å²) < 4.78 is 45.0. The van der Waals surface area contributed by atoms with Crippen molar-refractivity contribution >= 4 is 21.4 Å². The summed E-state index contributed by atoms with van der Waals surface area (Å²) in [5.41, 5.74) is 0.403. The van der Waals surface area contributed by atoms with Gasteiger partial charge in [0.15, 0.2) is 0 Å². The largest absolute Gasteiger partial charge is 0.379 e. The number of ether oxygens (including phenoxy) is 1. The van der Waals surface area contributed by atoms with Crippen LogP contribution in [0.15, 0.2) is 47.4 Å². The zero-order chi connectivity index (χ0) is 19.4. The first-order valence-corrected chi connectivity index (χ1v) is 9.66. The second-order valence-electron chi connectivity index (χ2n) is 5.94. The number of anilines is 1. The highest BCUT2D eigenvalue weighted by Crippen LogP contribution is 2.29. The third-order valence-corrected chi connectivity index (χ3v) is 6.04. The summed E-state index contributed by atoms with van der Waals surface area (Å²) in [7, 11) is -3.84. The van der Waals surface area contributed by atoms with E-state index in [2.05, 4.69) is 5.32 Å². The molecule has 0 unspecified atom stereocenters. The normalized spacial score (nSPS) is 15.4. The lowest BCUT2D eigenvalue weighted by atomic mass is 10.2. The Labute approximate surface area is 155 Å². The van der Waals surface area contributed by atoms with Crippen molar-refractivity contribution in [3.05, 3.63) is 64.0 Å². The molecule has 0 amide bonds. The lowest BCUT2D eigenvalue weighted by Gasteiger charge is -2.26. The van der Waals surface area contributed by atoms with E-state index in [1.54, 1.807) is 12.1 Å². The number of nitrogens with one attached hydrogen (secondary N) is 1. The lowest BCUT2D eigenvalue weighted by molar-refractivity contribution is -0.384. The van der Waals surface area contributed by atoms with Crippen molar-refractivity contribution in [2.75, 3.05) is 31.6 Å². The molecule has 2 aromatic rings. The Bertz CT molecular complexity index is 945. The van der Waals surface area contributed by atoms with Crippen LogP contribution >= 0.6 is 0 Å². The molecule has 0 bridgehead atoms. The number of halogens is 1. The molecule has 144 valence electrons. The number of nitro benzene ring substituents is 1. The average molecular weight is 395 g/mol. The highest BCUT2D eigenvalue weighted by atomic mass is 32.2. The van der Waals surface area contributed by atoms with E-state index in [0.29, 0.717) is 5.56 Å². The minimum absolute atomic E-state index is 0.146. The molecule has 1 aliphatic heterocycles. The standard InChI is InChI=1S/C17H18FN3O5S/c18-14-3-1-2-13(10-14)12-19-16-5-4-15(11-17(16)21(22)23)27(24,25)20-6-8-26-9-7-20/h1-5,10-11,19H,6-9,12H2. The smallest absolute Gasteiger partial charge is 0.293 e. The second kappa shape index (κ2) is 7.99. The van der Waals surface area contributed by atoms with Crippen molar-refractivity contribution in [3.63, 3.8) is 0 Å². The quantitative estimate of drug-likeness (QED) is 0.595. The van der Waals surface area contributed by atoms with Crippen LogP contribution in [-0.4, -0.2) is 43.9 Å². The van der Waals surface area contributed by atoms with Crippen LogP contribution in [0, 0.1) is 15.9 Å². The molecule has 27 heavy (non-hydrogen) atoms. The molecule has 0 spiro atoms. The monoisotopic (exact) mass is 395 g/mol. The summed E-state index contributed by atoms with van der Waals surface area (Å²) in [6, 6.07) is 9.56. The zero-order valence-electron chi connectivity index (χ0n) is 14.3. The molecule has 2 aromatic carbocycles. The van der Waals surface area contributed by atoms with Gasteiger partial charge in [0, 0.05) is 25.7 Å². The molecule has 3 rings (SSSR count). The molecule has 1 N–H and O–H groups in total. The maximum atomic E-state index is 13.2. The van der Waals surface area contributed by atoms with Gasteiger partial charge in [-0.1, -0.05) is 12.1 Å². The van der Waals surface area contributed by atoms with Crippen molar-refractivity contribution in [1.29, 1.82) is 0 Å². The Balaban J connectivity index is 1.85. The van der Waals surface area contributed by atoms with E-state index in [4.69, 9.17) is 4.74 Å². The fourth-order valence-corrected chi connectivity index (χ4v) is 4.18. The van der Waals surface area contributed by atoms with Crippen LogP contribution in [0.3, 0.4) is 0 Å². The summed E-state index contributed by atoms with van der Waals surface area (Å²) in [5.74, 6) is -0.407. The summed E-state index contributed by atoms with van der Waals surface area (Å²) in [6.07, 6.45) is 0. The van der Waals surface area contributed by atoms with Gasteiger partial charge in [0.25, 0.3) is 5.69 Å². The van der Waals surface area contributed by atoms with Crippen LogP contribution in [0.2, 0.25) is 0 Å². The molecule has 0 atom stereocenters. The summed E-state index contributed by atoms with van der Waals surface area (Å²) >= 11 is 0. The first-order valence-electron chi connectivity index (χ1n) is 8.22. The van der Waals surface area contributed by atoms with Gasteiger partial charge in [0.05, 0.1) is 23.0 Å². The van der Waals surface area contributed by atoms with Crippen LogP contribution in [0.25, 0.3) is 0 Å². The molecule has 1 fully saturated rings. The van der Waals surface area contributed by atoms with Gasteiger partial charge in [-0.3, -0.25) is 10.1 Å². The predicted octanol–water partition coefficient (Wildman–Crippen LogP) is 2.37. The van der Waals surface area contributed by atoms with Gasteiger partial charge >= 0.3 is 0 Å². The highest BCUT2D eigenvalue weighted by molar-refractivity contribution is 7.89. The molecule has 0 aromatic heterocycles. The number of rotatable bonds is 6. The minimum atomic E-state index is -3.84. The van der Waals surface area contributed by atoms with E-state index in [-0.39, 0.29) is 49.1 Å². The van der Waals surface area contributed by atoms with Crippen LogP contribution in [0.4, 0.5) is 15.8 Å². The average Bonchev–Trinajstić information content (AvgIpc) is 2.67. The third kappa shape index (κ3) is 4.41. The van der Waals surface area contributed by atoms with Gasteiger partial charge in [-0.25, -0.2) is 12.8 Å². The summed E-state index contributed by atoms with van der Waals surface area (Å²) in [6.45, 7) is 1.14. The first kappa shape index (κ1) is 19.2. The molecule has 8 nitrogen and oxygen atoms in total. The number of hydrogen-bond acceptors (Lipinski definition) is 6. The van der Waals surface area contributed by atoms with E-state index in [1.807, 2.05) is 0 Å².